The van der Waals surface area contributed by atoms with Crippen LogP contribution in [0.4, 0.5) is 5.69 Å². The second kappa shape index (κ2) is 6.76. The summed E-state index contributed by atoms with van der Waals surface area (Å²) >= 11 is 0. The maximum Gasteiger partial charge on any atom is 0.338 e. The highest BCUT2D eigenvalue weighted by Crippen LogP contribution is 2.22. The second-order valence-electron chi connectivity index (χ2n) is 4.82. The van der Waals surface area contributed by atoms with Crippen LogP contribution in [-0.4, -0.2) is 25.5 Å². The highest BCUT2D eigenvalue weighted by molar-refractivity contribution is 5.99. The average Bonchev–Trinajstić information content (AvgIpc) is 2.52. The zero-order chi connectivity index (χ0) is 16.1. The van der Waals surface area contributed by atoms with Crippen molar-refractivity contribution in [2.75, 3.05) is 19.5 Å². The third-order valence-electron chi connectivity index (χ3n) is 3.17. The topological polar surface area (TPSA) is 78.6 Å². The van der Waals surface area contributed by atoms with Crippen molar-refractivity contribution in [1.82, 2.24) is 0 Å². The Bertz CT molecular complexity index is 692. The molecule has 0 saturated heterocycles. The molecule has 0 aliphatic rings. The molecule has 0 saturated carbocycles. The Hall–Kier alpha value is -2.82. The summed E-state index contributed by atoms with van der Waals surface area (Å²) < 4.78 is 10.0. The van der Waals surface area contributed by atoms with Gasteiger partial charge < -0.3 is 15.2 Å². The summed E-state index contributed by atoms with van der Waals surface area (Å²) in [7, 11) is 1.49. The number of esters is 1. The highest BCUT2D eigenvalue weighted by atomic mass is 16.5. The summed E-state index contributed by atoms with van der Waals surface area (Å²) in [6, 6.07) is 11.6. The van der Waals surface area contributed by atoms with Gasteiger partial charge in [0.25, 0.3) is 0 Å². The molecule has 0 amide bonds. The molecule has 2 N–H and O–H groups in total. The number of carbonyl (C=O) groups excluding carboxylic acids is 2. The summed E-state index contributed by atoms with van der Waals surface area (Å²) in [6.45, 7) is 1.62. The summed E-state index contributed by atoms with van der Waals surface area (Å²) in [4.78, 5) is 23.9. The number of carbonyl (C=O) groups is 2. The fraction of sp³-hybridized carbons (Fsp3) is 0.176. The number of rotatable bonds is 5. The van der Waals surface area contributed by atoms with Gasteiger partial charge in [-0.1, -0.05) is 29.8 Å². The molecule has 22 heavy (non-hydrogen) atoms. The van der Waals surface area contributed by atoms with Crippen molar-refractivity contribution in [2.45, 2.75) is 6.92 Å². The molecule has 0 heterocycles. The minimum atomic E-state index is -0.602. The molecular weight excluding hydrogens is 282 g/mol. The number of ketones is 1. The number of aryl methyl sites for hydroxylation is 1. The van der Waals surface area contributed by atoms with Crippen molar-refractivity contribution in [3.63, 3.8) is 0 Å². The van der Waals surface area contributed by atoms with E-state index in [-0.39, 0.29) is 18.0 Å². The van der Waals surface area contributed by atoms with E-state index in [9.17, 15) is 9.59 Å². The van der Waals surface area contributed by atoms with Crippen molar-refractivity contribution in [2.24, 2.45) is 0 Å². The first-order valence-corrected chi connectivity index (χ1v) is 6.72. The lowest BCUT2D eigenvalue weighted by molar-refractivity contribution is 0.0475. The van der Waals surface area contributed by atoms with Crippen molar-refractivity contribution < 1.29 is 19.1 Å². The Morgan fingerprint density at radius 2 is 1.68 bits per heavy atom. The molecule has 2 rings (SSSR count). The Kier molecular flexibility index (Phi) is 4.78. The third kappa shape index (κ3) is 3.63. The molecule has 0 aliphatic carbocycles. The maximum atomic E-state index is 11.9. The fourth-order valence-electron chi connectivity index (χ4n) is 1.90. The van der Waals surface area contributed by atoms with Gasteiger partial charge in [0, 0.05) is 5.56 Å². The van der Waals surface area contributed by atoms with Crippen LogP contribution in [0.15, 0.2) is 42.5 Å². The number of methoxy groups -OCH3 is 1. The van der Waals surface area contributed by atoms with Gasteiger partial charge in [-0.25, -0.2) is 4.79 Å². The molecule has 0 radical (unpaired) electrons. The monoisotopic (exact) mass is 299 g/mol. The van der Waals surface area contributed by atoms with E-state index in [2.05, 4.69) is 0 Å². The first kappa shape index (κ1) is 15.6. The first-order valence-electron chi connectivity index (χ1n) is 6.72. The van der Waals surface area contributed by atoms with Gasteiger partial charge >= 0.3 is 5.97 Å². The molecule has 0 aliphatic heterocycles. The van der Waals surface area contributed by atoms with Crippen molar-refractivity contribution in [3.05, 3.63) is 59.2 Å². The third-order valence-corrected chi connectivity index (χ3v) is 3.17. The van der Waals surface area contributed by atoms with Gasteiger partial charge in [0.2, 0.25) is 0 Å². The molecule has 2 aromatic rings. The zero-order valence-electron chi connectivity index (χ0n) is 12.5. The van der Waals surface area contributed by atoms with E-state index in [1.165, 1.54) is 19.2 Å². The molecule has 0 aromatic heterocycles. The fourth-order valence-corrected chi connectivity index (χ4v) is 1.90. The van der Waals surface area contributed by atoms with Crippen molar-refractivity contribution >= 4 is 17.4 Å². The summed E-state index contributed by atoms with van der Waals surface area (Å²) in [5.74, 6) is -0.378. The molecule has 5 nitrogen and oxygen atoms in total. The number of hydrogen-bond donors (Lipinski definition) is 1. The van der Waals surface area contributed by atoms with E-state index in [1.54, 1.807) is 18.2 Å². The Morgan fingerprint density at radius 3 is 2.27 bits per heavy atom. The number of ether oxygens (including phenoxy) is 2. The van der Waals surface area contributed by atoms with Gasteiger partial charge in [0.05, 0.1) is 18.4 Å². The van der Waals surface area contributed by atoms with Crippen molar-refractivity contribution in [1.29, 1.82) is 0 Å². The molecular formula is C17H17NO4. The van der Waals surface area contributed by atoms with Gasteiger partial charge in [0.15, 0.2) is 12.4 Å². The lowest BCUT2D eigenvalue weighted by atomic mass is 10.1. The molecule has 114 valence electrons. The van der Waals surface area contributed by atoms with E-state index in [1.807, 2.05) is 19.1 Å². The minimum absolute atomic E-state index is 0.255. The van der Waals surface area contributed by atoms with Gasteiger partial charge in [-0.15, -0.1) is 0 Å². The van der Waals surface area contributed by atoms with E-state index >= 15 is 0 Å². The summed E-state index contributed by atoms with van der Waals surface area (Å²) in [6.07, 6.45) is 0. The smallest absolute Gasteiger partial charge is 0.338 e. The number of anilines is 1. The predicted octanol–water partition coefficient (Wildman–Crippen LogP) is 2.63. The summed E-state index contributed by atoms with van der Waals surface area (Å²) in [5.41, 5.74) is 7.90. The Balaban J connectivity index is 1.99. The van der Waals surface area contributed by atoms with Crippen LogP contribution in [-0.2, 0) is 4.74 Å². The van der Waals surface area contributed by atoms with Crippen LogP contribution in [0.5, 0.6) is 5.75 Å². The van der Waals surface area contributed by atoms with Gasteiger partial charge in [-0.2, -0.15) is 0 Å². The standard InChI is InChI=1S/C17H17NO4/c1-11-3-5-12(6-4-11)15(19)10-22-17(20)13-7-8-16(21-2)14(18)9-13/h3-9H,10,18H2,1-2H3. The van der Waals surface area contributed by atoms with Crippen LogP contribution >= 0.6 is 0 Å². The van der Waals surface area contributed by atoms with Gasteiger partial charge in [-0.3, -0.25) is 4.79 Å². The van der Waals surface area contributed by atoms with E-state index < -0.39 is 5.97 Å². The quantitative estimate of drug-likeness (QED) is 0.521. The van der Waals surface area contributed by atoms with Crippen LogP contribution in [0.2, 0.25) is 0 Å². The van der Waals surface area contributed by atoms with Gasteiger partial charge in [0.1, 0.15) is 5.75 Å². The van der Waals surface area contributed by atoms with Crippen LogP contribution in [0, 0.1) is 6.92 Å². The second-order valence-corrected chi connectivity index (χ2v) is 4.82. The SMILES string of the molecule is COc1ccc(C(=O)OCC(=O)c2ccc(C)cc2)cc1N. The normalized spacial score (nSPS) is 10.1. The van der Waals surface area contributed by atoms with E-state index in [0.29, 0.717) is 17.0 Å². The summed E-state index contributed by atoms with van der Waals surface area (Å²) in [5, 5.41) is 0. The number of nitrogen functional groups attached to an aromatic ring is 1. The Labute approximate surface area is 128 Å². The molecule has 0 spiro atoms. The van der Waals surface area contributed by atoms with Crippen molar-refractivity contribution in [3.8, 4) is 5.75 Å². The highest BCUT2D eigenvalue weighted by Gasteiger charge is 2.13. The number of benzene rings is 2. The average molecular weight is 299 g/mol. The molecule has 0 bridgehead atoms. The lowest BCUT2D eigenvalue weighted by Crippen LogP contribution is -2.14. The predicted molar refractivity (Wildman–Crippen MR) is 83.2 cm³/mol. The number of nitrogens with two attached hydrogens (primary N) is 1. The van der Waals surface area contributed by atoms with E-state index in [4.69, 9.17) is 15.2 Å². The zero-order valence-corrected chi connectivity index (χ0v) is 12.5. The van der Waals surface area contributed by atoms with Crippen LogP contribution in [0.25, 0.3) is 0 Å². The lowest BCUT2D eigenvalue weighted by Gasteiger charge is -2.07. The largest absolute Gasteiger partial charge is 0.495 e. The van der Waals surface area contributed by atoms with Crippen LogP contribution in [0.1, 0.15) is 26.3 Å². The number of Topliss-reactive ketones (excluding diaryl/α,β-unsaturated/α-hetero) is 1. The van der Waals surface area contributed by atoms with Gasteiger partial charge in [-0.05, 0) is 25.1 Å². The number of hydrogen-bond acceptors (Lipinski definition) is 5. The maximum absolute atomic E-state index is 11.9. The molecule has 0 fully saturated rings. The van der Waals surface area contributed by atoms with Crippen LogP contribution < -0.4 is 10.5 Å². The molecule has 2 aromatic carbocycles. The molecule has 5 heteroatoms. The molecule has 0 unspecified atom stereocenters. The molecule has 0 atom stereocenters. The van der Waals surface area contributed by atoms with E-state index in [0.717, 1.165) is 5.56 Å². The minimum Gasteiger partial charge on any atom is -0.495 e. The van der Waals surface area contributed by atoms with Crippen LogP contribution in [0.3, 0.4) is 0 Å². The Morgan fingerprint density at radius 1 is 1.05 bits per heavy atom. The first-order chi connectivity index (χ1) is 10.5.